The van der Waals surface area contributed by atoms with Crippen LogP contribution in [0.25, 0.3) is 78.1 Å². The van der Waals surface area contributed by atoms with Crippen LogP contribution in [0.2, 0.25) is 0 Å². The number of pyridine rings is 1. The smallest absolute Gasteiger partial charge is 0.160 e. The van der Waals surface area contributed by atoms with E-state index in [0.717, 1.165) is 55.8 Å². The van der Waals surface area contributed by atoms with Gasteiger partial charge in [0.15, 0.2) is 5.82 Å². The van der Waals surface area contributed by atoms with Crippen molar-refractivity contribution in [2.45, 2.75) is 13.8 Å². The van der Waals surface area contributed by atoms with E-state index in [9.17, 15) is 0 Å². The van der Waals surface area contributed by atoms with Gasteiger partial charge in [-0.15, -0.1) is 0 Å². The van der Waals surface area contributed by atoms with Gasteiger partial charge in [0.25, 0.3) is 0 Å². The molecule has 3 heteroatoms. The van der Waals surface area contributed by atoms with Gasteiger partial charge in [-0.05, 0) is 71.0 Å². The molecule has 8 aromatic rings. The molecule has 8 rings (SSSR count). The zero-order valence-corrected chi connectivity index (χ0v) is 26.9. The Morgan fingerprint density at radius 3 is 1.65 bits per heavy atom. The number of hydrogen-bond donors (Lipinski definition) is 0. The molecule has 48 heavy (non-hydrogen) atoms. The maximum Gasteiger partial charge on any atom is 0.160 e. The first-order valence-corrected chi connectivity index (χ1v) is 16.3. The predicted octanol–water partition coefficient (Wildman–Crippen LogP) is 11.6. The van der Waals surface area contributed by atoms with E-state index in [1.165, 1.54) is 27.8 Å². The lowest BCUT2D eigenvalue weighted by Crippen LogP contribution is -1.96. The standard InChI is InChI=1S/C45H33N3/c1-30-23-28-38(31(2)46-30)36-17-11-18-37(29-36)44-41-19-9-10-22-42(41)47-45(48-44)35-26-24-34(25-27-35)43-39(32-13-5-3-6-14-32)20-12-21-40(43)33-15-7-4-8-16-33/h3-29H,1-2H3. The van der Waals surface area contributed by atoms with Crippen molar-refractivity contribution in [3.8, 4) is 67.2 Å². The quantitative estimate of drug-likeness (QED) is 0.187. The van der Waals surface area contributed by atoms with Crippen LogP contribution in [-0.4, -0.2) is 15.0 Å². The molecule has 228 valence electrons. The number of para-hydroxylation sites is 1. The van der Waals surface area contributed by atoms with E-state index in [-0.39, 0.29) is 0 Å². The molecule has 0 N–H and O–H groups in total. The van der Waals surface area contributed by atoms with Crippen LogP contribution in [0.1, 0.15) is 11.4 Å². The molecular weight excluding hydrogens is 583 g/mol. The number of fused-ring (bicyclic) bond motifs is 1. The van der Waals surface area contributed by atoms with Crippen LogP contribution >= 0.6 is 0 Å². The third kappa shape index (κ3) is 5.56. The zero-order valence-electron chi connectivity index (χ0n) is 26.9. The van der Waals surface area contributed by atoms with Gasteiger partial charge in [-0.3, -0.25) is 4.98 Å². The van der Waals surface area contributed by atoms with E-state index >= 15 is 0 Å². The average molecular weight is 616 g/mol. The fourth-order valence-electron chi connectivity index (χ4n) is 6.62. The molecule has 0 atom stereocenters. The van der Waals surface area contributed by atoms with Gasteiger partial charge in [0.1, 0.15) is 0 Å². The number of benzene rings is 6. The molecule has 6 aromatic carbocycles. The Labute approximate surface area is 281 Å². The highest BCUT2D eigenvalue weighted by Gasteiger charge is 2.16. The van der Waals surface area contributed by atoms with Crippen LogP contribution in [-0.2, 0) is 0 Å². The SMILES string of the molecule is Cc1ccc(-c2cccc(-c3nc(-c4ccc(-c5c(-c6ccccc6)cccc5-c5ccccc5)cc4)nc4ccccc34)c2)c(C)n1. The molecule has 2 aromatic heterocycles. The topological polar surface area (TPSA) is 38.7 Å². The molecule has 3 nitrogen and oxygen atoms in total. The molecule has 0 amide bonds. The lowest BCUT2D eigenvalue weighted by molar-refractivity contribution is 1.13. The highest BCUT2D eigenvalue weighted by atomic mass is 14.9. The molecule has 0 aliphatic heterocycles. The van der Waals surface area contributed by atoms with Gasteiger partial charge in [0, 0.05) is 33.5 Å². The summed E-state index contributed by atoms with van der Waals surface area (Å²) < 4.78 is 0. The third-order valence-corrected chi connectivity index (χ3v) is 8.94. The average Bonchev–Trinajstić information content (AvgIpc) is 3.15. The first-order chi connectivity index (χ1) is 23.6. The molecule has 0 fully saturated rings. The van der Waals surface area contributed by atoms with Gasteiger partial charge in [-0.25, -0.2) is 9.97 Å². The summed E-state index contributed by atoms with van der Waals surface area (Å²) in [5.41, 5.74) is 15.3. The molecule has 0 saturated heterocycles. The van der Waals surface area contributed by atoms with E-state index in [2.05, 4.69) is 165 Å². The van der Waals surface area contributed by atoms with E-state index in [1.807, 2.05) is 13.0 Å². The number of hydrogen-bond acceptors (Lipinski definition) is 3. The number of aromatic nitrogens is 3. The van der Waals surface area contributed by atoms with Crippen LogP contribution in [0.5, 0.6) is 0 Å². The minimum Gasteiger partial charge on any atom is -0.258 e. The van der Waals surface area contributed by atoms with E-state index in [0.29, 0.717) is 5.82 Å². The Morgan fingerprint density at radius 1 is 0.375 bits per heavy atom. The second-order valence-electron chi connectivity index (χ2n) is 12.1. The zero-order chi connectivity index (χ0) is 32.5. The van der Waals surface area contributed by atoms with Crippen LogP contribution in [0.15, 0.2) is 164 Å². The second-order valence-corrected chi connectivity index (χ2v) is 12.1. The Morgan fingerprint density at radius 2 is 0.958 bits per heavy atom. The highest BCUT2D eigenvalue weighted by Crippen LogP contribution is 2.41. The summed E-state index contributed by atoms with van der Waals surface area (Å²) in [4.78, 5) is 15.0. The van der Waals surface area contributed by atoms with Crippen molar-refractivity contribution in [2.24, 2.45) is 0 Å². The van der Waals surface area contributed by atoms with Crippen LogP contribution in [0.3, 0.4) is 0 Å². The summed E-state index contributed by atoms with van der Waals surface area (Å²) in [5.74, 6) is 0.702. The summed E-state index contributed by atoms with van der Waals surface area (Å²) in [6.07, 6.45) is 0. The fraction of sp³-hybridized carbons (Fsp3) is 0.0444. The van der Waals surface area contributed by atoms with Crippen molar-refractivity contribution in [3.05, 3.63) is 175 Å². The van der Waals surface area contributed by atoms with Gasteiger partial charge >= 0.3 is 0 Å². The summed E-state index contributed by atoms with van der Waals surface area (Å²) in [6.45, 7) is 4.09. The molecule has 0 saturated carbocycles. The van der Waals surface area contributed by atoms with Crippen molar-refractivity contribution in [3.63, 3.8) is 0 Å². The van der Waals surface area contributed by atoms with Crippen molar-refractivity contribution in [1.82, 2.24) is 15.0 Å². The Bertz CT molecular complexity index is 2340. The maximum absolute atomic E-state index is 5.22. The van der Waals surface area contributed by atoms with Crippen LogP contribution < -0.4 is 0 Å². The number of aryl methyl sites for hydroxylation is 2. The largest absolute Gasteiger partial charge is 0.258 e. The lowest BCUT2D eigenvalue weighted by Gasteiger charge is -2.17. The van der Waals surface area contributed by atoms with Gasteiger partial charge in [0.05, 0.1) is 11.2 Å². The molecule has 0 unspecified atom stereocenters. The predicted molar refractivity (Wildman–Crippen MR) is 199 cm³/mol. The third-order valence-electron chi connectivity index (χ3n) is 8.94. The minimum atomic E-state index is 0.702. The molecular formula is C45H33N3. The van der Waals surface area contributed by atoms with E-state index in [4.69, 9.17) is 15.0 Å². The van der Waals surface area contributed by atoms with Crippen molar-refractivity contribution >= 4 is 10.9 Å². The number of nitrogens with zero attached hydrogens (tertiary/aromatic N) is 3. The van der Waals surface area contributed by atoms with E-state index < -0.39 is 0 Å². The number of rotatable bonds is 6. The Hall–Kier alpha value is -6.19. The van der Waals surface area contributed by atoms with Crippen LogP contribution in [0, 0.1) is 13.8 Å². The highest BCUT2D eigenvalue weighted by molar-refractivity contribution is 5.96. The summed E-state index contributed by atoms with van der Waals surface area (Å²) in [5, 5.41) is 1.03. The van der Waals surface area contributed by atoms with Crippen molar-refractivity contribution < 1.29 is 0 Å². The van der Waals surface area contributed by atoms with Gasteiger partial charge in [0.2, 0.25) is 0 Å². The molecule has 0 aliphatic rings. The Kier molecular flexibility index (Phi) is 7.64. The van der Waals surface area contributed by atoms with Gasteiger partial charge in [-0.2, -0.15) is 0 Å². The van der Waals surface area contributed by atoms with Crippen molar-refractivity contribution in [1.29, 1.82) is 0 Å². The summed E-state index contributed by atoms with van der Waals surface area (Å²) in [7, 11) is 0. The molecule has 0 aliphatic carbocycles. The summed E-state index contributed by atoms with van der Waals surface area (Å²) in [6, 6.07) is 57.6. The molecule has 0 spiro atoms. The maximum atomic E-state index is 5.22. The minimum absolute atomic E-state index is 0.702. The molecule has 2 heterocycles. The monoisotopic (exact) mass is 615 g/mol. The molecule has 0 bridgehead atoms. The van der Waals surface area contributed by atoms with E-state index in [1.54, 1.807) is 0 Å². The fourth-order valence-corrected chi connectivity index (χ4v) is 6.62. The van der Waals surface area contributed by atoms with Crippen LogP contribution in [0.4, 0.5) is 0 Å². The lowest BCUT2D eigenvalue weighted by atomic mass is 9.87. The van der Waals surface area contributed by atoms with Crippen molar-refractivity contribution in [2.75, 3.05) is 0 Å². The van der Waals surface area contributed by atoms with Gasteiger partial charge < -0.3 is 0 Å². The first-order valence-electron chi connectivity index (χ1n) is 16.3. The summed E-state index contributed by atoms with van der Waals surface area (Å²) >= 11 is 0. The second kappa shape index (κ2) is 12.5. The molecule has 0 radical (unpaired) electrons. The normalized spacial score (nSPS) is 11.1. The Balaban J connectivity index is 1.24. The van der Waals surface area contributed by atoms with Gasteiger partial charge in [-0.1, -0.05) is 146 Å². The first kappa shape index (κ1) is 29.2.